The van der Waals surface area contributed by atoms with E-state index in [0.717, 1.165) is 59.0 Å². The monoisotopic (exact) mass is 556 g/mol. The molecule has 40 heavy (non-hydrogen) atoms. The van der Waals surface area contributed by atoms with Gasteiger partial charge in [-0.2, -0.15) is 0 Å². The van der Waals surface area contributed by atoms with Gasteiger partial charge in [-0.3, -0.25) is 14.4 Å². The normalized spacial score (nSPS) is 21.0. The number of piperidine rings is 1. The number of amides is 2. The van der Waals surface area contributed by atoms with Crippen molar-refractivity contribution in [2.45, 2.75) is 69.3 Å². The number of thioether (sulfide) groups is 1. The fraction of sp³-hybridized carbons (Fsp3) is 0.364. The Balaban J connectivity index is 1.43. The number of methoxy groups -OCH3 is 1. The van der Waals surface area contributed by atoms with Crippen LogP contribution in [0.3, 0.4) is 0 Å². The van der Waals surface area contributed by atoms with Crippen molar-refractivity contribution in [1.29, 1.82) is 0 Å². The average molecular weight is 557 g/mol. The minimum absolute atomic E-state index is 0.0153. The second kappa shape index (κ2) is 12.3. The van der Waals surface area contributed by atoms with Crippen LogP contribution in [-0.2, 0) is 27.2 Å². The zero-order valence-corrected chi connectivity index (χ0v) is 24.1. The third-order valence-corrected chi connectivity index (χ3v) is 8.99. The molecule has 1 fully saturated rings. The van der Waals surface area contributed by atoms with Gasteiger partial charge in [0, 0.05) is 19.4 Å². The van der Waals surface area contributed by atoms with Gasteiger partial charge < -0.3 is 15.0 Å². The zero-order chi connectivity index (χ0) is 28.2. The smallest absolute Gasteiger partial charge is 0.246 e. The molecule has 5 rings (SSSR count). The lowest BCUT2D eigenvalue weighted by molar-refractivity contribution is -0.141. The molecule has 2 aliphatic heterocycles. The van der Waals surface area contributed by atoms with Crippen LogP contribution in [0, 0.1) is 0 Å². The Morgan fingerprint density at radius 3 is 2.48 bits per heavy atom. The van der Waals surface area contributed by atoms with Crippen LogP contribution in [0.2, 0.25) is 0 Å². The van der Waals surface area contributed by atoms with Gasteiger partial charge in [0.2, 0.25) is 11.8 Å². The van der Waals surface area contributed by atoms with Crippen molar-refractivity contribution >= 4 is 28.7 Å². The van der Waals surface area contributed by atoms with E-state index in [9.17, 15) is 14.4 Å². The van der Waals surface area contributed by atoms with Crippen LogP contribution >= 0.6 is 11.8 Å². The number of fused-ring (bicyclic) bond motifs is 3. The van der Waals surface area contributed by atoms with Crippen molar-refractivity contribution in [2.24, 2.45) is 0 Å². The molecule has 0 bridgehead atoms. The molecule has 0 aromatic heterocycles. The molecule has 7 heteroatoms. The molecule has 1 saturated heterocycles. The third kappa shape index (κ3) is 6.09. The highest BCUT2D eigenvalue weighted by Crippen LogP contribution is 2.40. The summed E-state index contributed by atoms with van der Waals surface area (Å²) in [6.45, 7) is 3.57. The summed E-state index contributed by atoms with van der Waals surface area (Å²) in [5.74, 6) is 0.395. The van der Waals surface area contributed by atoms with E-state index in [1.165, 1.54) is 12.5 Å². The summed E-state index contributed by atoms with van der Waals surface area (Å²) in [5, 5.41) is 2.29. The van der Waals surface area contributed by atoms with Gasteiger partial charge in [0.1, 0.15) is 11.8 Å². The van der Waals surface area contributed by atoms with Crippen molar-refractivity contribution < 1.29 is 19.1 Å². The molecule has 0 saturated carbocycles. The van der Waals surface area contributed by atoms with Gasteiger partial charge in [-0.25, -0.2) is 0 Å². The molecule has 3 aromatic rings. The highest BCUT2D eigenvalue weighted by molar-refractivity contribution is 8.14. The van der Waals surface area contributed by atoms with E-state index in [0.29, 0.717) is 12.8 Å². The largest absolute Gasteiger partial charge is 0.497 e. The molecule has 4 atom stereocenters. The number of nitrogens with zero attached hydrogens (tertiary/aromatic N) is 1. The number of hydrogen-bond donors (Lipinski definition) is 1. The molecule has 2 amide bonds. The number of rotatable bonds is 7. The minimum Gasteiger partial charge on any atom is -0.497 e. The highest BCUT2D eigenvalue weighted by Gasteiger charge is 2.41. The Labute approximate surface area is 240 Å². The molecule has 3 aromatic carbocycles. The molecule has 1 unspecified atom stereocenters. The van der Waals surface area contributed by atoms with Gasteiger partial charge in [-0.15, -0.1) is 0 Å². The van der Waals surface area contributed by atoms with Crippen molar-refractivity contribution in [1.82, 2.24) is 10.2 Å². The van der Waals surface area contributed by atoms with Crippen LogP contribution in [0.1, 0.15) is 55.8 Å². The highest BCUT2D eigenvalue weighted by atomic mass is 32.2. The lowest BCUT2D eigenvalue weighted by Gasteiger charge is -2.41. The Hall–Kier alpha value is -3.58. The average Bonchev–Trinajstić information content (AvgIpc) is 3.08. The first kappa shape index (κ1) is 28.0. The van der Waals surface area contributed by atoms with Crippen molar-refractivity contribution in [2.75, 3.05) is 7.11 Å². The number of ether oxygens (including phenoxy) is 1. The summed E-state index contributed by atoms with van der Waals surface area (Å²) < 4.78 is 5.24. The number of benzene rings is 3. The van der Waals surface area contributed by atoms with Gasteiger partial charge in [-0.05, 0) is 78.6 Å². The first-order chi connectivity index (χ1) is 19.3. The van der Waals surface area contributed by atoms with E-state index >= 15 is 0 Å². The summed E-state index contributed by atoms with van der Waals surface area (Å²) in [7, 11) is 1.61. The molecule has 6 nitrogen and oxygen atoms in total. The fourth-order valence-electron chi connectivity index (χ4n) is 6.00. The van der Waals surface area contributed by atoms with Crippen molar-refractivity contribution in [3.05, 3.63) is 89.5 Å². The van der Waals surface area contributed by atoms with Gasteiger partial charge in [0.25, 0.3) is 0 Å². The van der Waals surface area contributed by atoms with Gasteiger partial charge in [-0.1, -0.05) is 66.4 Å². The molecule has 208 valence electrons. The maximum absolute atomic E-state index is 14.0. The number of carbonyl (C=O) groups excluding carboxylic acids is 3. The summed E-state index contributed by atoms with van der Waals surface area (Å²) in [6, 6.07) is 23.6. The van der Waals surface area contributed by atoms with Crippen LogP contribution in [0.15, 0.2) is 72.8 Å². The van der Waals surface area contributed by atoms with E-state index in [1.54, 1.807) is 7.11 Å². The molecular weight excluding hydrogens is 520 g/mol. The fourth-order valence-corrected chi connectivity index (χ4v) is 6.85. The van der Waals surface area contributed by atoms with E-state index < -0.39 is 11.3 Å². The topological polar surface area (TPSA) is 75.7 Å². The SMILES string of the molecule is COc1ccc(CC(SC(C)=O)C(=O)N[C@H]2Cc3ccc(-c4ccccc4)cc3[C@H]3CCC[C@@H](C)N3C2=O)cc1. The Morgan fingerprint density at radius 1 is 1.02 bits per heavy atom. The summed E-state index contributed by atoms with van der Waals surface area (Å²) in [4.78, 5) is 41.8. The van der Waals surface area contributed by atoms with E-state index in [1.807, 2.05) is 47.4 Å². The van der Waals surface area contributed by atoms with E-state index in [-0.39, 0.29) is 29.0 Å². The van der Waals surface area contributed by atoms with E-state index in [4.69, 9.17) is 4.74 Å². The van der Waals surface area contributed by atoms with Crippen molar-refractivity contribution in [3.8, 4) is 16.9 Å². The standard InChI is InChI=1S/C33H36N2O4S/c1-21-8-7-11-30-28-19-25(24-9-5-4-6-10-24)14-15-26(28)20-29(33(38)35(21)30)34-32(37)31(40-22(2)36)18-23-12-16-27(39-3)17-13-23/h4-6,9-10,12-17,19,21,29-31H,7-8,11,18,20H2,1-3H3,(H,34,37)/t21-,29+,30-,31?/m1/s1. The molecule has 1 N–H and O–H groups in total. The first-order valence-electron chi connectivity index (χ1n) is 13.9. The molecule has 0 spiro atoms. The predicted octanol–water partition coefficient (Wildman–Crippen LogP) is 5.74. The molecule has 2 aliphatic rings. The third-order valence-electron chi connectivity index (χ3n) is 8.00. The van der Waals surface area contributed by atoms with Gasteiger partial charge >= 0.3 is 0 Å². The summed E-state index contributed by atoms with van der Waals surface area (Å²) in [5.41, 5.74) is 5.45. The quantitative estimate of drug-likeness (QED) is 0.402. The molecule has 0 radical (unpaired) electrons. The Kier molecular flexibility index (Phi) is 8.60. The minimum atomic E-state index is -0.690. The second-order valence-corrected chi connectivity index (χ2v) is 12.1. The molecule has 0 aliphatic carbocycles. The molecule has 2 heterocycles. The van der Waals surface area contributed by atoms with Crippen LogP contribution in [0.25, 0.3) is 11.1 Å². The van der Waals surface area contributed by atoms with Crippen LogP contribution in [0.4, 0.5) is 0 Å². The predicted molar refractivity (Wildman–Crippen MR) is 159 cm³/mol. The Bertz CT molecular complexity index is 1370. The maximum Gasteiger partial charge on any atom is 0.246 e. The van der Waals surface area contributed by atoms with Crippen molar-refractivity contribution in [3.63, 3.8) is 0 Å². The van der Waals surface area contributed by atoms with Crippen LogP contribution in [-0.4, -0.2) is 46.3 Å². The number of hydrogen-bond acceptors (Lipinski definition) is 5. The van der Waals surface area contributed by atoms with Gasteiger partial charge in [0.05, 0.1) is 18.4 Å². The van der Waals surface area contributed by atoms with E-state index in [2.05, 4.69) is 42.6 Å². The Morgan fingerprint density at radius 2 is 1.77 bits per heavy atom. The lowest BCUT2D eigenvalue weighted by Crippen LogP contribution is -2.54. The summed E-state index contributed by atoms with van der Waals surface area (Å²) >= 11 is 1.01. The lowest BCUT2D eigenvalue weighted by atomic mass is 9.88. The second-order valence-electron chi connectivity index (χ2n) is 10.7. The maximum atomic E-state index is 14.0. The first-order valence-corrected chi connectivity index (χ1v) is 14.8. The number of nitrogens with one attached hydrogen (secondary N) is 1. The molecular formula is C33H36N2O4S. The number of carbonyl (C=O) groups is 3. The van der Waals surface area contributed by atoms with Crippen LogP contribution < -0.4 is 10.1 Å². The van der Waals surface area contributed by atoms with Gasteiger partial charge in [0.15, 0.2) is 5.12 Å². The summed E-state index contributed by atoms with van der Waals surface area (Å²) in [6.07, 6.45) is 3.70. The van der Waals surface area contributed by atoms with Crippen LogP contribution in [0.5, 0.6) is 5.75 Å². The zero-order valence-electron chi connectivity index (χ0n) is 23.3.